The van der Waals surface area contributed by atoms with E-state index in [1.54, 1.807) is 6.33 Å². The van der Waals surface area contributed by atoms with Crippen molar-refractivity contribution < 1.29 is 4.74 Å². The van der Waals surface area contributed by atoms with Crippen LogP contribution in [0.5, 0.6) is 0 Å². The lowest BCUT2D eigenvalue weighted by Crippen LogP contribution is -2.32. The Labute approximate surface area is 161 Å². The van der Waals surface area contributed by atoms with Crippen LogP contribution in [-0.2, 0) is 17.8 Å². The zero-order chi connectivity index (χ0) is 18.5. The predicted molar refractivity (Wildman–Crippen MR) is 108 cm³/mol. The van der Waals surface area contributed by atoms with E-state index < -0.39 is 0 Å². The fourth-order valence-corrected chi connectivity index (χ4v) is 3.75. The molecule has 0 N–H and O–H groups in total. The van der Waals surface area contributed by atoms with Gasteiger partial charge in [0, 0.05) is 18.3 Å². The summed E-state index contributed by atoms with van der Waals surface area (Å²) in [5.74, 6) is 0. The smallest absolute Gasteiger partial charge is 0.137 e. The zero-order valence-corrected chi connectivity index (χ0v) is 16.1. The second kappa shape index (κ2) is 8.63. The van der Waals surface area contributed by atoms with Gasteiger partial charge in [0.25, 0.3) is 0 Å². The van der Waals surface area contributed by atoms with Crippen molar-refractivity contribution >= 4 is 5.52 Å². The van der Waals surface area contributed by atoms with E-state index in [4.69, 9.17) is 4.74 Å². The van der Waals surface area contributed by atoms with Gasteiger partial charge in [0.05, 0.1) is 24.4 Å². The van der Waals surface area contributed by atoms with Gasteiger partial charge >= 0.3 is 0 Å². The molecule has 5 heteroatoms. The molecule has 4 rings (SSSR count). The van der Waals surface area contributed by atoms with E-state index in [9.17, 15) is 0 Å². The van der Waals surface area contributed by atoms with Gasteiger partial charge in [-0.3, -0.25) is 0 Å². The van der Waals surface area contributed by atoms with Gasteiger partial charge in [0.15, 0.2) is 0 Å². The minimum absolute atomic E-state index is 0.616. The topological polar surface area (TPSA) is 42.7 Å². The normalized spacial score (nSPS) is 15.4. The first-order chi connectivity index (χ1) is 13.3. The number of likely N-dealkylation sites (tertiary alicyclic amines) is 1. The Kier molecular flexibility index (Phi) is 5.80. The van der Waals surface area contributed by atoms with Crippen LogP contribution in [0.25, 0.3) is 16.8 Å². The number of hydrogen-bond donors (Lipinski definition) is 0. The fourth-order valence-electron chi connectivity index (χ4n) is 3.75. The molecule has 0 atom stereocenters. The summed E-state index contributed by atoms with van der Waals surface area (Å²) in [5.41, 5.74) is 5.58. The standard InChI is InChI=1S/C22H28N4O/c1-2-18-6-8-20(9-7-18)22-21-14-19(15-26(21)24-17-23-22)16-27-13-12-25-10-4-3-5-11-25/h6-9,14-15,17H,2-5,10-13,16H2,1H3. The third kappa shape index (κ3) is 4.37. The van der Waals surface area contributed by atoms with Crippen LogP contribution < -0.4 is 0 Å². The molecule has 2 aromatic heterocycles. The summed E-state index contributed by atoms with van der Waals surface area (Å²) in [6.07, 6.45) is 8.73. The molecule has 0 bridgehead atoms. The molecule has 3 heterocycles. The maximum Gasteiger partial charge on any atom is 0.137 e. The van der Waals surface area contributed by atoms with Gasteiger partial charge in [0.2, 0.25) is 0 Å². The van der Waals surface area contributed by atoms with Crippen molar-refractivity contribution in [3.8, 4) is 11.3 Å². The average molecular weight is 364 g/mol. The highest BCUT2D eigenvalue weighted by Gasteiger charge is 2.11. The molecule has 0 saturated carbocycles. The maximum absolute atomic E-state index is 5.92. The van der Waals surface area contributed by atoms with Crippen molar-refractivity contribution in [2.24, 2.45) is 0 Å². The quantitative estimate of drug-likeness (QED) is 0.595. The van der Waals surface area contributed by atoms with E-state index in [2.05, 4.69) is 52.2 Å². The highest BCUT2D eigenvalue weighted by atomic mass is 16.5. The molecule has 1 aromatic carbocycles. The summed E-state index contributed by atoms with van der Waals surface area (Å²) in [5, 5.41) is 4.37. The molecule has 5 nitrogen and oxygen atoms in total. The van der Waals surface area contributed by atoms with Crippen molar-refractivity contribution in [3.05, 3.63) is 54.0 Å². The Morgan fingerprint density at radius 3 is 2.63 bits per heavy atom. The summed E-state index contributed by atoms with van der Waals surface area (Å²) in [4.78, 5) is 7.03. The van der Waals surface area contributed by atoms with Gasteiger partial charge < -0.3 is 9.64 Å². The van der Waals surface area contributed by atoms with Crippen LogP contribution in [0.4, 0.5) is 0 Å². The molecule has 0 radical (unpaired) electrons. The van der Waals surface area contributed by atoms with E-state index in [1.165, 1.54) is 37.9 Å². The lowest BCUT2D eigenvalue weighted by atomic mass is 10.1. The van der Waals surface area contributed by atoms with Crippen LogP contribution in [0.3, 0.4) is 0 Å². The number of hydrogen-bond acceptors (Lipinski definition) is 4. The molecule has 3 aromatic rings. The Morgan fingerprint density at radius 2 is 1.85 bits per heavy atom. The van der Waals surface area contributed by atoms with E-state index in [0.29, 0.717) is 6.61 Å². The number of ether oxygens (including phenoxy) is 1. The predicted octanol–water partition coefficient (Wildman–Crippen LogP) is 3.96. The molecule has 1 fully saturated rings. The lowest BCUT2D eigenvalue weighted by Gasteiger charge is -2.26. The van der Waals surface area contributed by atoms with Gasteiger partial charge in [-0.2, -0.15) is 5.10 Å². The molecule has 1 saturated heterocycles. The Balaban J connectivity index is 1.42. The van der Waals surface area contributed by atoms with Gasteiger partial charge in [-0.25, -0.2) is 9.50 Å². The second-order valence-corrected chi connectivity index (χ2v) is 7.29. The molecule has 0 spiro atoms. The minimum Gasteiger partial charge on any atom is -0.375 e. The number of fused-ring (bicyclic) bond motifs is 1. The number of piperidine rings is 1. The van der Waals surface area contributed by atoms with Crippen LogP contribution in [0, 0.1) is 0 Å². The van der Waals surface area contributed by atoms with Gasteiger partial charge in [-0.1, -0.05) is 37.6 Å². The SMILES string of the molecule is CCc1ccc(-c2ncnn3cc(COCCN4CCCCC4)cc23)cc1. The van der Waals surface area contributed by atoms with E-state index in [-0.39, 0.29) is 0 Å². The Morgan fingerprint density at radius 1 is 1.04 bits per heavy atom. The molecular weight excluding hydrogens is 336 g/mol. The molecule has 27 heavy (non-hydrogen) atoms. The third-order valence-corrected chi connectivity index (χ3v) is 5.37. The molecule has 0 aliphatic carbocycles. The maximum atomic E-state index is 5.92. The Hall–Kier alpha value is -2.24. The first-order valence-electron chi connectivity index (χ1n) is 10.0. The number of aromatic nitrogens is 3. The first-order valence-corrected chi connectivity index (χ1v) is 10.0. The van der Waals surface area contributed by atoms with Crippen LogP contribution in [0.1, 0.15) is 37.3 Å². The van der Waals surface area contributed by atoms with E-state index in [0.717, 1.165) is 41.9 Å². The largest absolute Gasteiger partial charge is 0.375 e. The van der Waals surface area contributed by atoms with Crippen LogP contribution in [0.15, 0.2) is 42.9 Å². The van der Waals surface area contributed by atoms with Crippen LogP contribution in [-0.4, -0.2) is 45.7 Å². The fraction of sp³-hybridized carbons (Fsp3) is 0.455. The molecule has 0 amide bonds. The van der Waals surface area contributed by atoms with Crippen molar-refractivity contribution in [1.29, 1.82) is 0 Å². The van der Waals surface area contributed by atoms with Crippen molar-refractivity contribution in [3.63, 3.8) is 0 Å². The summed E-state index contributed by atoms with van der Waals surface area (Å²) < 4.78 is 7.83. The first kappa shape index (κ1) is 18.1. The number of rotatable bonds is 7. The highest BCUT2D eigenvalue weighted by molar-refractivity contribution is 5.77. The molecule has 142 valence electrons. The monoisotopic (exact) mass is 364 g/mol. The number of benzene rings is 1. The zero-order valence-electron chi connectivity index (χ0n) is 16.1. The second-order valence-electron chi connectivity index (χ2n) is 7.29. The third-order valence-electron chi connectivity index (χ3n) is 5.37. The average Bonchev–Trinajstić information content (AvgIpc) is 3.15. The van der Waals surface area contributed by atoms with Crippen molar-refractivity contribution in [1.82, 2.24) is 19.5 Å². The lowest BCUT2D eigenvalue weighted by molar-refractivity contribution is 0.0863. The van der Waals surface area contributed by atoms with Crippen LogP contribution >= 0.6 is 0 Å². The minimum atomic E-state index is 0.616. The molecule has 1 aliphatic rings. The van der Waals surface area contributed by atoms with Gasteiger partial charge in [0.1, 0.15) is 6.33 Å². The molecule has 0 unspecified atom stereocenters. The summed E-state index contributed by atoms with van der Waals surface area (Å²) in [6.45, 7) is 7.03. The van der Waals surface area contributed by atoms with Gasteiger partial charge in [-0.05, 0) is 49.5 Å². The Bertz CT molecular complexity index is 866. The van der Waals surface area contributed by atoms with Crippen molar-refractivity contribution in [2.45, 2.75) is 39.2 Å². The number of nitrogens with zero attached hydrogens (tertiary/aromatic N) is 4. The van der Waals surface area contributed by atoms with E-state index in [1.807, 2.05) is 10.7 Å². The summed E-state index contributed by atoms with van der Waals surface area (Å²) in [7, 11) is 0. The highest BCUT2D eigenvalue weighted by Crippen LogP contribution is 2.24. The van der Waals surface area contributed by atoms with E-state index >= 15 is 0 Å². The summed E-state index contributed by atoms with van der Waals surface area (Å²) in [6, 6.07) is 10.8. The molecular formula is C22H28N4O. The van der Waals surface area contributed by atoms with Crippen molar-refractivity contribution in [2.75, 3.05) is 26.2 Å². The summed E-state index contributed by atoms with van der Waals surface area (Å²) >= 11 is 0. The van der Waals surface area contributed by atoms with Crippen LogP contribution in [0.2, 0.25) is 0 Å². The molecule has 1 aliphatic heterocycles. The van der Waals surface area contributed by atoms with Gasteiger partial charge in [-0.15, -0.1) is 0 Å². The number of aryl methyl sites for hydroxylation is 1.